The number of hydrogen-bond donors (Lipinski definition) is 1. The zero-order valence-corrected chi connectivity index (χ0v) is 14.6. The Bertz CT molecular complexity index is 480. The second kappa shape index (κ2) is 7.68. The number of para-hydroxylation sites is 1. The number of amides is 1. The molecular weight excluding hydrogens is 310 g/mol. The van der Waals surface area contributed by atoms with Crippen molar-refractivity contribution in [2.45, 2.75) is 25.4 Å². The van der Waals surface area contributed by atoms with E-state index in [9.17, 15) is 9.90 Å². The van der Waals surface area contributed by atoms with Crippen LogP contribution in [0, 0.1) is 0 Å². The zero-order valence-electron chi connectivity index (χ0n) is 12.8. The summed E-state index contributed by atoms with van der Waals surface area (Å²) in [6.07, 6.45) is -1.42. The second-order valence-electron chi connectivity index (χ2n) is 5.38. The van der Waals surface area contributed by atoms with E-state index in [-0.39, 0.29) is 5.88 Å². The summed E-state index contributed by atoms with van der Waals surface area (Å²) in [5, 5.41) is 9.18. The van der Waals surface area contributed by atoms with Crippen LogP contribution in [0.4, 0.5) is 4.79 Å². The summed E-state index contributed by atoms with van der Waals surface area (Å²) in [6, 6.07) is 8.23. The van der Waals surface area contributed by atoms with Gasteiger partial charge in [-0.1, -0.05) is 31.3 Å². The second-order valence-corrected chi connectivity index (χ2v) is 10.3. The van der Waals surface area contributed by atoms with Gasteiger partial charge in [0.2, 0.25) is 6.29 Å². The van der Waals surface area contributed by atoms with E-state index >= 15 is 0 Å². The lowest BCUT2D eigenvalue weighted by atomic mass is 10.2. The van der Waals surface area contributed by atoms with Gasteiger partial charge in [-0.2, -0.15) is 0 Å². The van der Waals surface area contributed by atoms with Crippen LogP contribution in [0.25, 0.3) is 0 Å². The van der Waals surface area contributed by atoms with Crippen molar-refractivity contribution < 1.29 is 19.4 Å². The molecule has 0 aliphatic heterocycles. The quantitative estimate of drug-likeness (QED) is 0.473. The highest BCUT2D eigenvalue weighted by Gasteiger charge is 2.31. The van der Waals surface area contributed by atoms with Crippen molar-refractivity contribution in [2.24, 2.45) is 0 Å². The molecule has 1 N–H and O–H groups in total. The van der Waals surface area contributed by atoms with Gasteiger partial charge in [-0.05, 0) is 17.7 Å². The summed E-state index contributed by atoms with van der Waals surface area (Å²) in [4.78, 5) is 11.2. The highest BCUT2D eigenvalue weighted by Crippen LogP contribution is 2.25. The number of ether oxygens (including phenoxy) is 2. The van der Waals surface area contributed by atoms with Crippen molar-refractivity contribution in [3.05, 3.63) is 29.8 Å². The number of alkyl halides is 1. The van der Waals surface area contributed by atoms with Gasteiger partial charge in [0.05, 0.1) is 5.88 Å². The Kier molecular flexibility index (Phi) is 6.51. The first kappa shape index (κ1) is 17.8. The van der Waals surface area contributed by atoms with E-state index in [1.165, 1.54) is 11.7 Å². The molecule has 0 fully saturated rings. The maximum Gasteiger partial charge on any atom is 0.398 e. The number of nitrogens with zero attached hydrogens (tertiary/aromatic N) is 1. The van der Waals surface area contributed by atoms with E-state index in [1.54, 1.807) is 7.05 Å². The molecule has 118 valence electrons. The van der Waals surface area contributed by atoms with E-state index in [0.717, 1.165) is 5.56 Å². The molecule has 1 amide bonds. The molecule has 0 aliphatic rings. The first-order chi connectivity index (χ1) is 9.81. The van der Waals surface area contributed by atoms with Crippen LogP contribution in [0.5, 0.6) is 5.75 Å². The Morgan fingerprint density at radius 1 is 1.43 bits per heavy atom. The fourth-order valence-corrected chi connectivity index (χ4v) is 4.06. The Morgan fingerprint density at radius 2 is 2.05 bits per heavy atom. The standard InChI is InChI=1S/C14H22ClNO4Si/c1-16(14(17)18)21(3,4)10-11-7-5-6-8-12(11)20-13(9-15)19-2/h5-8,13H,9-10H2,1-4H3,(H,17,18). The first-order valence-electron chi connectivity index (χ1n) is 6.62. The highest BCUT2D eigenvalue weighted by molar-refractivity contribution is 6.75. The van der Waals surface area contributed by atoms with Gasteiger partial charge in [0.15, 0.2) is 8.24 Å². The van der Waals surface area contributed by atoms with Crippen LogP contribution < -0.4 is 4.74 Å². The molecule has 1 aromatic rings. The SMILES string of the molecule is COC(CCl)Oc1ccccc1C[Si](C)(C)N(C)C(=O)O. The summed E-state index contributed by atoms with van der Waals surface area (Å²) < 4.78 is 12.3. The van der Waals surface area contributed by atoms with Crippen LogP contribution in [0.15, 0.2) is 24.3 Å². The van der Waals surface area contributed by atoms with E-state index < -0.39 is 20.6 Å². The number of carbonyl (C=O) groups is 1. The molecule has 1 rings (SSSR count). The number of hydrogen-bond acceptors (Lipinski definition) is 3. The predicted octanol–water partition coefficient (Wildman–Crippen LogP) is 3.17. The molecule has 21 heavy (non-hydrogen) atoms. The van der Waals surface area contributed by atoms with Gasteiger partial charge in [0, 0.05) is 14.2 Å². The smallest absolute Gasteiger partial charge is 0.398 e. The molecule has 0 heterocycles. The average Bonchev–Trinajstić information content (AvgIpc) is 2.45. The third kappa shape index (κ3) is 4.91. The van der Waals surface area contributed by atoms with E-state index in [1.807, 2.05) is 37.4 Å². The number of carboxylic acid groups (broad SMARTS) is 1. The highest BCUT2D eigenvalue weighted by atomic mass is 35.5. The van der Waals surface area contributed by atoms with Crippen molar-refractivity contribution in [1.29, 1.82) is 0 Å². The summed E-state index contributed by atoms with van der Waals surface area (Å²) in [5.74, 6) is 0.907. The van der Waals surface area contributed by atoms with Crippen molar-refractivity contribution in [3.8, 4) is 5.75 Å². The molecule has 0 saturated heterocycles. The summed E-state index contributed by atoms with van der Waals surface area (Å²) in [6.45, 7) is 4.01. The van der Waals surface area contributed by atoms with E-state index in [4.69, 9.17) is 21.1 Å². The van der Waals surface area contributed by atoms with E-state index in [0.29, 0.717) is 11.8 Å². The van der Waals surface area contributed by atoms with Crippen LogP contribution in [0.3, 0.4) is 0 Å². The Hall–Kier alpha value is -1.24. The van der Waals surface area contributed by atoms with Gasteiger partial charge in [-0.15, -0.1) is 11.6 Å². The molecule has 0 aliphatic carbocycles. The molecule has 0 bridgehead atoms. The predicted molar refractivity (Wildman–Crippen MR) is 85.6 cm³/mol. The average molecular weight is 332 g/mol. The first-order valence-corrected chi connectivity index (χ1v) is 10.3. The zero-order chi connectivity index (χ0) is 16.0. The van der Waals surface area contributed by atoms with Crippen molar-refractivity contribution >= 4 is 25.9 Å². The van der Waals surface area contributed by atoms with Crippen LogP contribution >= 0.6 is 11.6 Å². The van der Waals surface area contributed by atoms with Gasteiger partial charge in [0.1, 0.15) is 5.75 Å². The Morgan fingerprint density at radius 3 is 2.57 bits per heavy atom. The lowest BCUT2D eigenvalue weighted by Gasteiger charge is -2.32. The number of methoxy groups -OCH3 is 1. The maximum atomic E-state index is 11.2. The topological polar surface area (TPSA) is 59.0 Å². The normalized spacial score (nSPS) is 12.8. The fraction of sp³-hybridized carbons (Fsp3) is 0.500. The molecule has 7 heteroatoms. The molecule has 1 aromatic carbocycles. The molecule has 1 atom stereocenters. The molecule has 1 unspecified atom stereocenters. The minimum atomic E-state index is -2.13. The lowest BCUT2D eigenvalue weighted by molar-refractivity contribution is -0.0360. The third-order valence-corrected chi connectivity index (χ3v) is 6.94. The van der Waals surface area contributed by atoms with Gasteiger partial charge in [0.25, 0.3) is 0 Å². The molecule has 0 spiro atoms. The minimum absolute atomic E-state index is 0.223. The minimum Gasteiger partial charge on any atom is -0.465 e. The van der Waals surface area contributed by atoms with Crippen LogP contribution in [-0.2, 0) is 10.8 Å². The monoisotopic (exact) mass is 331 g/mol. The lowest BCUT2D eigenvalue weighted by Crippen LogP contribution is -2.51. The molecule has 0 saturated carbocycles. The van der Waals surface area contributed by atoms with E-state index in [2.05, 4.69) is 0 Å². The molecule has 0 radical (unpaired) electrons. The van der Waals surface area contributed by atoms with Crippen LogP contribution in [-0.4, -0.2) is 50.3 Å². The van der Waals surface area contributed by atoms with Crippen LogP contribution in [0.2, 0.25) is 13.1 Å². The summed E-state index contributed by atoms with van der Waals surface area (Å²) in [7, 11) is 1.02. The molecule has 5 nitrogen and oxygen atoms in total. The van der Waals surface area contributed by atoms with Crippen molar-refractivity contribution in [3.63, 3.8) is 0 Å². The summed E-state index contributed by atoms with van der Waals surface area (Å²) >= 11 is 5.77. The summed E-state index contributed by atoms with van der Waals surface area (Å²) in [5.41, 5.74) is 0.967. The number of halogens is 1. The Balaban J connectivity index is 2.95. The fourth-order valence-electron chi connectivity index (χ4n) is 1.89. The molecular formula is C14H22ClNO4Si. The van der Waals surface area contributed by atoms with Gasteiger partial charge < -0.3 is 19.1 Å². The van der Waals surface area contributed by atoms with Gasteiger partial charge in [-0.25, -0.2) is 4.79 Å². The van der Waals surface area contributed by atoms with Crippen molar-refractivity contribution in [2.75, 3.05) is 20.0 Å². The van der Waals surface area contributed by atoms with Gasteiger partial charge >= 0.3 is 6.09 Å². The van der Waals surface area contributed by atoms with Gasteiger partial charge in [-0.3, -0.25) is 0 Å². The maximum absolute atomic E-state index is 11.2. The van der Waals surface area contributed by atoms with Crippen LogP contribution in [0.1, 0.15) is 5.56 Å². The number of rotatable bonds is 7. The Labute approximate surface area is 131 Å². The third-order valence-electron chi connectivity index (χ3n) is 3.44. The largest absolute Gasteiger partial charge is 0.465 e. The molecule has 0 aromatic heterocycles. The van der Waals surface area contributed by atoms with Crippen molar-refractivity contribution in [1.82, 2.24) is 4.57 Å². The number of benzene rings is 1.